The minimum atomic E-state index is 0.266. The highest BCUT2D eigenvalue weighted by Crippen LogP contribution is 2.21. The summed E-state index contributed by atoms with van der Waals surface area (Å²) in [6.07, 6.45) is 4.02. The number of benzene rings is 1. The molecule has 1 unspecified atom stereocenters. The molecule has 0 bridgehead atoms. The maximum Gasteiger partial charge on any atom is 0.0967 e. The van der Waals surface area contributed by atoms with Gasteiger partial charge in [0.15, 0.2) is 0 Å². The maximum atomic E-state index is 9.04. The van der Waals surface area contributed by atoms with Crippen LogP contribution in [-0.4, -0.2) is 28.0 Å². The van der Waals surface area contributed by atoms with Crippen LogP contribution in [0.2, 0.25) is 0 Å². The van der Waals surface area contributed by atoms with Crippen molar-refractivity contribution in [2.45, 2.75) is 26.3 Å². The molecule has 0 fully saturated rings. The van der Waals surface area contributed by atoms with Crippen molar-refractivity contribution < 1.29 is 5.11 Å². The number of hydrogen-bond donors (Lipinski definition) is 2. The van der Waals surface area contributed by atoms with Gasteiger partial charge in [-0.3, -0.25) is 4.68 Å². The average molecular weight is 287 g/mol. The molecule has 0 saturated heterocycles. The predicted octanol–water partition coefficient (Wildman–Crippen LogP) is 2.59. The summed E-state index contributed by atoms with van der Waals surface area (Å²) in [4.78, 5) is 0. The molecule has 1 atom stereocenters. The molecule has 2 N–H and O–H groups in total. The minimum absolute atomic E-state index is 0.266. The number of aryl methyl sites for hydroxylation is 1. The molecular weight excluding hydrogens is 262 g/mol. The molecule has 0 spiro atoms. The predicted molar refractivity (Wildman–Crippen MR) is 85.8 cm³/mol. The van der Waals surface area contributed by atoms with Gasteiger partial charge in [-0.1, -0.05) is 43.7 Å². The van der Waals surface area contributed by atoms with Crippen molar-refractivity contribution in [3.8, 4) is 11.3 Å². The average Bonchev–Trinajstić information content (AvgIpc) is 2.88. The molecule has 114 valence electrons. The molecule has 2 rings (SSSR count). The maximum absolute atomic E-state index is 9.04. The van der Waals surface area contributed by atoms with Crippen molar-refractivity contribution in [2.24, 2.45) is 13.0 Å². The highest BCUT2D eigenvalue weighted by atomic mass is 16.3. The number of nitrogens with zero attached hydrogens (tertiary/aromatic N) is 2. The zero-order valence-electron chi connectivity index (χ0n) is 12.9. The summed E-state index contributed by atoms with van der Waals surface area (Å²) in [5, 5.41) is 17.1. The van der Waals surface area contributed by atoms with Crippen LogP contribution < -0.4 is 5.32 Å². The summed E-state index contributed by atoms with van der Waals surface area (Å²) < 4.78 is 1.87. The van der Waals surface area contributed by atoms with Crippen LogP contribution in [0.1, 0.15) is 25.3 Å². The summed E-state index contributed by atoms with van der Waals surface area (Å²) in [7, 11) is 1.95. The standard InChI is InChI=1S/C17H25N3O/c1-3-14(9-10-21)11-18-12-16-13-20(2)19-17(16)15-7-5-4-6-8-15/h4-8,13-14,18,21H,3,9-12H2,1-2H3. The fourth-order valence-corrected chi connectivity index (χ4v) is 2.55. The first-order valence-electron chi connectivity index (χ1n) is 7.64. The first-order valence-corrected chi connectivity index (χ1v) is 7.64. The van der Waals surface area contributed by atoms with Crippen molar-refractivity contribution in [2.75, 3.05) is 13.2 Å². The molecule has 4 heteroatoms. The van der Waals surface area contributed by atoms with E-state index < -0.39 is 0 Å². The van der Waals surface area contributed by atoms with E-state index in [9.17, 15) is 0 Å². The highest BCUT2D eigenvalue weighted by molar-refractivity contribution is 5.62. The number of rotatable bonds is 8. The Morgan fingerprint density at radius 2 is 2.05 bits per heavy atom. The van der Waals surface area contributed by atoms with Gasteiger partial charge in [-0.15, -0.1) is 0 Å². The molecule has 2 aromatic rings. The van der Waals surface area contributed by atoms with E-state index in [0.29, 0.717) is 5.92 Å². The minimum Gasteiger partial charge on any atom is -0.396 e. The van der Waals surface area contributed by atoms with E-state index in [4.69, 9.17) is 5.11 Å². The number of aromatic nitrogens is 2. The lowest BCUT2D eigenvalue weighted by atomic mass is 10.0. The second-order valence-corrected chi connectivity index (χ2v) is 5.46. The Morgan fingerprint density at radius 3 is 2.71 bits per heavy atom. The van der Waals surface area contributed by atoms with E-state index in [2.05, 4.69) is 35.7 Å². The van der Waals surface area contributed by atoms with E-state index >= 15 is 0 Å². The Morgan fingerprint density at radius 1 is 1.29 bits per heavy atom. The second-order valence-electron chi connectivity index (χ2n) is 5.46. The molecule has 1 aromatic carbocycles. The monoisotopic (exact) mass is 287 g/mol. The zero-order chi connectivity index (χ0) is 15.1. The van der Waals surface area contributed by atoms with E-state index in [1.165, 1.54) is 5.56 Å². The van der Waals surface area contributed by atoms with Gasteiger partial charge in [0.25, 0.3) is 0 Å². The topological polar surface area (TPSA) is 50.1 Å². The van der Waals surface area contributed by atoms with Gasteiger partial charge >= 0.3 is 0 Å². The molecule has 0 saturated carbocycles. The van der Waals surface area contributed by atoms with Crippen LogP contribution in [0.4, 0.5) is 0 Å². The molecule has 0 aliphatic heterocycles. The zero-order valence-corrected chi connectivity index (χ0v) is 12.9. The lowest BCUT2D eigenvalue weighted by molar-refractivity contribution is 0.251. The van der Waals surface area contributed by atoms with Gasteiger partial charge < -0.3 is 10.4 Å². The van der Waals surface area contributed by atoms with Crippen LogP contribution in [-0.2, 0) is 13.6 Å². The number of aliphatic hydroxyl groups is 1. The van der Waals surface area contributed by atoms with E-state index in [1.807, 2.05) is 29.9 Å². The Bertz CT molecular complexity index is 536. The van der Waals surface area contributed by atoms with Crippen LogP contribution in [0.15, 0.2) is 36.5 Å². The van der Waals surface area contributed by atoms with Gasteiger partial charge in [0.05, 0.1) is 5.69 Å². The fourth-order valence-electron chi connectivity index (χ4n) is 2.55. The number of aliphatic hydroxyl groups excluding tert-OH is 1. The summed E-state index contributed by atoms with van der Waals surface area (Å²) >= 11 is 0. The Kier molecular flexibility index (Phi) is 5.96. The first-order chi connectivity index (χ1) is 10.2. The van der Waals surface area contributed by atoms with Gasteiger partial charge in [-0.2, -0.15) is 5.10 Å². The third-order valence-corrected chi connectivity index (χ3v) is 3.81. The second kappa shape index (κ2) is 7.96. The lowest BCUT2D eigenvalue weighted by Crippen LogP contribution is -2.23. The van der Waals surface area contributed by atoms with Crippen LogP contribution in [0.5, 0.6) is 0 Å². The molecular formula is C17H25N3O. The summed E-state index contributed by atoms with van der Waals surface area (Å²) in [6.45, 7) is 4.17. The lowest BCUT2D eigenvalue weighted by Gasteiger charge is -2.14. The van der Waals surface area contributed by atoms with Gasteiger partial charge in [0, 0.05) is 37.5 Å². The molecule has 0 aliphatic carbocycles. The third kappa shape index (κ3) is 4.41. The van der Waals surface area contributed by atoms with Crippen molar-refractivity contribution in [1.82, 2.24) is 15.1 Å². The Labute approximate surface area is 126 Å². The van der Waals surface area contributed by atoms with Gasteiger partial charge in [-0.05, 0) is 18.9 Å². The SMILES string of the molecule is CCC(CCO)CNCc1cn(C)nc1-c1ccccc1. The molecule has 0 amide bonds. The quantitative estimate of drug-likeness (QED) is 0.784. The normalized spacial score (nSPS) is 12.5. The van der Waals surface area contributed by atoms with Crippen molar-refractivity contribution >= 4 is 0 Å². The third-order valence-electron chi connectivity index (χ3n) is 3.81. The number of nitrogens with one attached hydrogen (secondary N) is 1. The van der Waals surface area contributed by atoms with Crippen LogP contribution in [0.25, 0.3) is 11.3 Å². The van der Waals surface area contributed by atoms with Crippen molar-refractivity contribution in [1.29, 1.82) is 0 Å². The summed E-state index contributed by atoms with van der Waals surface area (Å²) in [6, 6.07) is 10.3. The largest absolute Gasteiger partial charge is 0.396 e. The first kappa shape index (κ1) is 15.7. The summed E-state index contributed by atoms with van der Waals surface area (Å²) in [5.41, 5.74) is 3.40. The van der Waals surface area contributed by atoms with Crippen LogP contribution >= 0.6 is 0 Å². The number of hydrogen-bond acceptors (Lipinski definition) is 3. The Hall–Kier alpha value is -1.65. The van der Waals surface area contributed by atoms with Crippen molar-refractivity contribution in [3.63, 3.8) is 0 Å². The van der Waals surface area contributed by atoms with Gasteiger partial charge in [0.1, 0.15) is 0 Å². The molecule has 21 heavy (non-hydrogen) atoms. The van der Waals surface area contributed by atoms with E-state index in [1.54, 1.807) is 0 Å². The molecule has 0 aliphatic rings. The molecule has 4 nitrogen and oxygen atoms in total. The van der Waals surface area contributed by atoms with Crippen molar-refractivity contribution in [3.05, 3.63) is 42.1 Å². The molecule has 0 radical (unpaired) electrons. The van der Waals surface area contributed by atoms with Crippen LogP contribution in [0.3, 0.4) is 0 Å². The van der Waals surface area contributed by atoms with E-state index in [0.717, 1.165) is 37.2 Å². The van der Waals surface area contributed by atoms with E-state index in [-0.39, 0.29) is 6.61 Å². The molecule has 1 heterocycles. The highest BCUT2D eigenvalue weighted by Gasteiger charge is 2.10. The fraction of sp³-hybridized carbons (Fsp3) is 0.471. The van der Waals surface area contributed by atoms with Gasteiger partial charge in [-0.25, -0.2) is 0 Å². The smallest absolute Gasteiger partial charge is 0.0967 e. The summed E-state index contributed by atoms with van der Waals surface area (Å²) in [5.74, 6) is 0.534. The van der Waals surface area contributed by atoms with Gasteiger partial charge in [0.2, 0.25) is 0 Å². The Balaban J connectivity index is 2.01. The molecule has 1 aromatic heterocycles. The van der Waals surface area contributed by atoms with Crippen LogP contribution in [0, 0.1) is 5.92 Å².